The van der Waals surface area contributed by atoms with E-state index in [1.165, 1.54) is 6.92 Å². The van der Waals surface area contributed by atoms with Gasteiger partial charge >= 0.3 is 0 Å². The fourth-order valence-electron chi connectivity index (χ4n) is 3.05. The van der Waals surface area contributed by atoms with E-state index in [0.717, 1.165) is 11.4 Å². The number of carbonyl (C=O) groups is 3. The van der Waals surface area contributed by atoms with Crippen molar-refractivity contribution in [2.75, 3.05) is 10.6 Å². The molecule has 0 saturated heterocycles. The molecule has 162 valence electrons. The molecule has 1 aromatic heterocycles. The van der Waals surface area contributed by atoms with Gasteiger partial charge in [0.25, 0.3) is 0 Å². The molecule has 0 aliphatic rings. The van der Waals surface area contributed by atoms with Crippen molar-refractivity contribution in [3.63, 3.8) is 0 Å². The number of nitrogens with one attached hydrogen (secondary N) is 3. The van der Waals surface area contributed by atoms with Crippen molar-refractivity contribution in [3.05, 3.63) is 40.7 Å². The second kappa shape index (κ2) is 9.75. The molecule has 0 spiro atoms. The first-order valence-electron chi connectivity index (χ1n) is 9.70. The van der Waals surface area contributed by atoms with Gasteiger partial charge in [-0.2, -0.15) is 5.10 Å². The number of carbonyl (C=O) groups excluding carboxylic acids is 3. The first-order chi connectivity index (χ1) is 14.0. The molecule has 0 radical (unpaired) electrons. The van der Waals surface area contributed by atoms with Gasteiger partial charge in [-0.05, 0) is 51.0 Å². The van der Waals surface area contributed by atoms with Crippen molar-refractivity contribution in [1.82, 2.24) is 15.1 Å². The highest BCUT2D eigenvalue weighted by atomic mass is 35.5. The highest BCUT2D eigenvalue weighted by Gasteiger charge is 2.23. The summed E-state index contributed by atoms with van der Waals surface area (Å²) in [7, 11) is 0. The Kier molecular flexibility index (Phi) is 7.61. The number of amides is 3. The van der Waals surface area contributed by atoms with Crippen molar-refractivity contribution in [2.45, 2.75) is 53.6 Å². The lowest BCUT2D eigenvalue weighted by molar-refractivity contribution is -0.126. The fourth-order valence-corrected chi connectivity index (χ4v) is 3.28. The smallest absolute Gasteiger partial charge is 0.248 e. The number of hydrogen-bond donors (Lipinski definition) is 3. The molecule has 2 rings (SSSR count). The number of hydrogen-bond acceptors (Lipinski definition) is 4. The molecule has 2 aromatic rings. The first kappa shape index (κ1) is 23.4. The minimum absolute atomic E-state index is 0.0844. The van der Waals surface area contributed by atoms with E-state index in [9.17, 15) is 14.4 Å². The molecule has 30 heavy (non-hydrogen) atoms. The highest BCUT2D eigenvalue weighted by Crippen LogP contribution is 2.27. The Labute approximate surface area is 181 Å². The summed E-state index contributed by atoms with van der Waals surface area (Å²) in [6.07, 6.45) is 0. The van der Waals surface area contributed by atoms with Gasteiger partial charge in [0.1, 0.15) is 12.1 Å². The Morgan fingerprint density at radius 1 is 1.03 bits per heavy atom. The lowest BCUT2D eigenvalue weighted by Gasteiger charge is -2.21. The van der Waals surface area contributed by atoms with Crippen molar-refractivity contribution in [1.29, 1.82) is 0 Å². The minimum Gasteiger partial charge on any atom is -0.344 e. The molecular formula is C21H28ClN5O3. The van der Waals surface area contributed by atoms with Crippen LogP contribution in [0.4, 0.5) is 11.4 Å². The van der Waals surface area contributed by atoms with Crippen molar-refractivity contribution >= 4 is 40.7 Å². The second-order valence-electron chi connectivity index (χ2n) is 7.64. The maximum absolute atomic E-state index is 12.6. The molecule has 3 amide bonds. The summed E-state index contributed by atoms with van der Waals surface area (Å²) in [5, 5.41) is 12.8. The van der Waals surface area contributed by atoms with Crippen molar-refractivity contribution < 1.29 is 14.4 Å². The summed E-state index contributed by atoms with van der Waals surface area (Å²) < 4.78 is 1.65. The maximum Gasteiger partial charge on any atom is 0.248 e. The molecule has 2 unspecified atom stereocenters. The summed E-state index contributed by atoms with van der Waals surface area (Å²) >= 11 is 6.31. The van der Waals surface area contributed by atoms with Gasteiger partial charge in [-0.1, -0.05) is 25.4 Å². The van der Waals surface area contributed by atoms with Crippen LogP contribution in [0, 0.1) is 19.8 Å². The van der Waals surface area contributed by atoms with Crippen LogP contribution >= 0.6 is 11.6 Å². The lowest BCUT2D eigenvalue weighted by Crippen LogP contribution is -2.46. The molecule has 9 heteroatoms. The van der Waals surface area contributed by atoms with Crippen LogP contribution < -0.4 is 16.0 Å². The third kappa shape index (κ3) is 5.82. The SMILES string of the molecule is CC(=O)NC(C(=O)Nc1ccc(NC(=O)C(C)n2nc(C)cc2C)c(Cl)c1)C(C)C. The monoisotopic (exact) mass is 433 g/mol. The Morgan fingerprint density at radius 2 is 1.70 bits per heavy atom. The number of nitrogens with zero attached hydrogens (tertiary/aromatic N) is 2. The zero-order valence-electron chi connectivity index (χ0n) is 18.0. The Balaban J connectivity index is 2.09. The molecule has 8 nitrogen and oxygen atoms in total. The summed E-state index contributed by atoms with van der Waals surface area (Å²) in [6, 6.07) is 5.53. The van der Waals surface area contributed by atoms with Crippen LogP contribution in [0.2, 0.25) is 5.02 Å². The van der Waals surface area contributed by atoms with E-state index in [1.54, 1.807) is 29.8 Å². The van der Waals surface area contributed by atoms with Gasteiger partial charge in [-0.15, -0.1) is 0 Å². The van der Waals surface area contributed by atoms with Gasteiger partial charge < -0.3 is 16.0 Å². The van der Waals surface area contributed by atoms with Gasteiger partial charge in [-0.25, -0.2) is 0 Å². The van der Waals surface area contributed by atoms with Crippen LogP contribution in [0.3, 0.4) is 0 Å². The molecule has 0 aliphatic heterocycles. The molecule has 0 aliphatic carbocycles. The largest absolute Gasteiger partial charge is 0.344 e. The molecule has 0 bridgehead atoms. The third-order valence-electron chi connectivity index (χ3n) is 4.59. The topological polar surface area (TPSA) is 105 Å². The summed E-state index contributed by atoms with van der Waals surface area (Å²) in [4.78, 5) is 36.4. The number of benzene rings is 1. The molecule has 0 saturated carbocycles. The average Bonchev–Trinajstić information content (AvgIpc) is 2.98. The van der Waals surface area contributed by atoms with Crippen LogP contribution in [0.1, 0.15) is 45.1 Å². The fraction of sp³-hybridized carbons (Fsp3) is 0.429. The van der Waals surface area contributed by atoms with Crippen LogP contribution in [0.5, 0.6) is 0 Å². The molecule has 1 aromatic carbocycles. The molecule has 0 fully saturated rings. The van der Waals surface area contributed by atoms with Crippen molar-refractivity contribution in [3.8, 4) is 0 Å². The van der Waals surface area contributed by atoms with Gasteiger partial charge in [0, 0.05) is 18.3 Å². The number of aryl methyl sites for hydroxylation is 2. The standard InChI is InChI=1S/C21H28ClN5O3/c1-11(2)19(23-15(6)28)21(30)24-16-7-8-18(17(22)10-16)25-20(29)14(5)27-13(4)9-12(3)26-27/h7-11,14,19H,1-6H3,(H,23,28)(H,24,30)(H,25,29). The van der Waals surface area contributed by atoms with Gasteiger partial charge in [0.2, 0.25) is 17.7 Å². The quantitative estimate of drug-likeness (QED) is 0.621. The van der Waals surface area contributed by atoms with E-state index >= 15 is 0 Å². The molecule has 1 heterocycles. The Hall–Kier alpha value is -2.87. The van der Waals surface area contributed by atoms with E-state index in [2.05, 4.69) is 21.0 Å². The van der Waals surface area contributed by atoms with Gasteiger partial charge in [0.15, 0.2) is 0 Å². The zero-order chi connectivity index (χ0) is 22.6. The van der Waals surface area contributed by atoms with E-state index < -0.39 is 12.1 Å². The van der Waals surface area contributed by atoms with Crippen LogP contribution in [0.15, 0.2) is 24.3 Å². The number of aromatic nitrogens is 2. The van der Waals surface area contributed by atoms with E-state index in [4.69, 9.17) is 11.6 Å². The minimum atomic E-state index is -0.665. The third-order valence-corrected chi connectivity index (χ3v) is 4.91. The van der Waals surface area contributed by atoms with Gasteiger partial charge in [0.05, 0.1) is 16.4 Å². The number of rotatable bonds is 7. The second-order valence-corrected chi connectivity index (χ2v) is 8.05. The number of anilines is 2. The predicted octanol–water partition coefficient (Wildman–Crippen LogP) is 3.45. The van der Waals surface area contributed by atoms with E-state index in [1.807, 2.05) is 33.8 Å². The first-order valence-corrected chi connectivity index (χ1v) is 10.1. The van der Waals surface area contributed by atoms with Crippen LogP contribution in [0.25, 0.3) is 0 Å². The zero-order valence-corrected chi connectivity index (χ0v) is 18.8. The number of halogens is 1. The van der Waals surface area contributed by atoms with Crippen LogP contribution in [-0.4, -0.2) is 33.5 Å². The normalized spacial score (nSPS) is 12.9. The summed E-state index contributed by atoms with van der Waals surface area (Å²) in [5.74, 6) is -0.966. The molecular weight excluding hydrogens is 406 g/mol. The van der Waals surface area contributed by atoms with Crippen molar-refractivity contribution in [2.24, 2.45) is 5.92 Å². The molecule has 3 N–H and O–H groups in total. The highest BCUT2D eigenvalue weighted by molar-refractivity contribution is 6.34. The Bertz CT molecular complexity index is 954. The molecule has 2 atom stereocenters. The average molecular weight is 434 g/mol. The maximum atomic E-state index is 12.6. The predicted molar refractivity (Wildman–Crippen MR) is 118 cm³/mol. The van der Waals surface area contributed by atoms with Gasteiger partial charge in [-0.3, -0.25) is 19.1 Å². The van der Waals surface area contributed by atoms with Crippen LogP contribution in [-0.2, 0) is 14.4 Å². The van der Waals surface area contributed by atoms with E-state index in [0.29, 0.717) is 11.4 Å². The summed E-state index contributed by atoms with van der Waals surface area (Å²) in [6.45, 7) is 10.6. The Morgan fingerprint density at radius 3 is 2.20 bits per heavy atom. The van der Waals surface area contributed by atoms with E-state index in [-0.39, 0.29) is 28.7 Å². The lowest BCUT2D eigenvalue weighted by atomic mass is 10.0. The summed E-state index contributed by atoms with van der Waals surface area (Å²) in [5.41, 5.74) is 2.61.